The van der Waals surface area contributed by atoms with E-state index in [0.717, 1.165) is 12.8 Å². The number of rotatable bonds is 11. The fraction of sp³-hybridized carbons (Fsp3) is 0.632. The van der Waals surface area contributed by atoms with Crippen molar-refractivity contribution in [1.29, 1.82) is 0 Å². The number of carbonyl (C=O) groups excluding carboxylic acids is 1. The third-order valence-electron chi connectivity index (χ3n) is 3.38. The molecule has 0 spiro atoms. The summed E-state index contributed by atoms with van der Waals surface area (Å²) in [7, 11) is 0. The van der Waals surface area contributed by atoms with Crippen LogP contribution in [0.4, 0.5) is 4.79 Å². The van der Waals surface area contributed by atoms with Crippen molar-refractivity contribution in [2.75, 3.05) is 6.61 Å². The first-order chi connectivity index (χ1) is 10.8. The van der Waals surface area contributed by atoms with E-state index in [1.807, 2.05) is 36.4 Å². The zero-order valence-corrected chi connectivity index (χ0v) is 17.0. The fourth-order valence-electron chi connectivity index (χ4n) is 2.13. The first-order valence-electron chi connectivity index (χ1n) is 8.61. The van der Waals surface area contributed by atoms with E-state index in [1.54, 1.807) is 0 Å². The van der Waals surface area contributed by atoms with Crippen molar-refractivity contribution >= 4 is 6.16 Å². The second kappa shape index (κ2) is 21.5. The number of carboxylic acid groups (broad SMARTS) is 1. The third kappa shape index (κ3) is 23.9. The number of unbranched alkanes of at least 4 members (excludes halogenated alkanes) is 9. The molecule has 0 aliphatic heterocycles. The quantitative estimate of drug-likeness (QED) is 0.354. The van der Waals surface area contributed by atoms with Gasteiger partial charge in [0.2, 0.25) is 0 Å². The summed E-state index contributed by atoms with van der Waals surface area (Å²) in [6.45, 7) is 2.52. The maximum absolute atomic E-state index is 9.93. The van der Waals surface area contributed by atoms with Crippen LogP contribution in [0, 0.1) is 0 Å². The minimum atomic E-state index is -1.41. The van der Waals surface area contributed by atoms with Crippen LogP contribution in [-0.2, 0) is 4.74 Å². The predicted molar refractivity (Wildman–Crippen MR) is 89.6 cm³/mol. The van der Waals surface area contributed by atoms with Crippen molar-refractivity contribution in [3.8, 4) is 0 Å². The molecule has 126 valence electrons. The summed E-state index contributed by atoms with van der Waals surface area (Å²) in [5.74, 6) is 0. The molecule has 1 aromatic carbocycles. The summed E-state index contributed by atoms with van der Waals surface area (Å²) in [6, 6.07) is 12.0. The van der Waals surface area contributed by atoms with Crippen molar-refractivity contribution in [3.63, 3.8) is 0 Å². The molecule has 0 aromatic heterocycles. The molecule has 0 saturated carbocycles. The van der Waals surface area contributed by atoms with Gasteiger partial charge in [0.25, 0.3) is 6.16 Å². The molecule has 0 heterocycles. The van der Waals surface area contributed by atoms with Gasteiger partial charge < -0.3 is 14.6 Å². The van der Waals surface area contributed by atoms with E-state index in [-0.39, 0.29) is 29.6 Å². The summed E-state index contributed by atoms with van der Waals surface area (Å²) in [4.78, 5) is 9.93. The molecule has 0 aliphatic rings. The van der Waals surface area contributed by atoms with Crippen LogP contribution in [0.25, 0.3) is 0 Å². The summed E-state index contributed by atoms with van der Waals surface area (Å²) in [5.41, 5.74) is 0. The second-order valence-electron chi connectivity index (χ2n) is 5.44. The average molecular weight is 330 g/mol. The van der Waals surface area contributed by atoms with E-state index in [9.17, 15) is 9.90 Å². The Bertz CT molecular complexity index is 304. The normalized spacial score (nSPS) is 9.26. The number of benzene rings is 1. The largest absolute Gasteiger partial charge is 1.00 e. The average Bonchev–Trinajstić information content (AvgIpc) is 2.54. The van der Waals surface area contributed by atoms with Gasteiger partial charge in [0.15, 0.2) is 0 Å². The van der Waals surface area contributed by atoms with Crippen molar-refractivity contribution in [1.82, 2.24) is 0 Å². The first kappa shape index (κ1) is 24.7. The maximum Gasteiger partial charge on any atom is 1.00 e. The van der Waals surface area contributed by atoms with Gasteiger partial charge in [0, 0.05) is 6.61 Å². The molecule has 0 bridgehead atoms. The Morgan fingerprint density at radius 3 is 1.43 bits per heavy atom. The Hall–Kier alpha value is -0.510. The molecule has 1 rings (SSSR count). The molecule has 0 saturated heterocycles. The predicted octanol–water partition coefficient (Wildman–Crippen LogP) is 1.96. The van der Waals surface area contributed by atoms with E-state index < -0.39 is 6.16 Å². The van der Waals surface area contributed by atoms with Crippen LogP contribution < -0.4 is 34.7 Å². The molecule has 0 aliphatic carbocycles. The van der Waals surface area contributed by atoms with E-state index in [1.165, 1.54) is 51.4 Å². The standard InChI is InChI=1S/C13H26O3.C6H6.Na/c1-2-3-4-5-6-7-8-9-10-11-12-16-13(14)15;1-2-4-6-5-3-1;/h2-12H2,1H3,(H,14,15);1-6H;/q;;+1/p-1. The number of carbonyl (C=O) groups is 1. The van der Waals surface area contributed by atoms with Gasteiger partial charge in [-0.3, -0.25) is 0 Å². The topological polar surface area (TPSA) is 49.4 Å². The molecule has 3 nitrogen and oxygen atoms in total. The molecule has 1 aromatic rings. The Kier molecular flexibility index (Phi) is 23.1. The number of hydrogen-bond donors (Lipinski definition) is 0. The molecule has 0 unspecified atom stereocenters. The molecule has 0 atom stereocenters. The summed E-state index contributed by atoms with van der Waals surface area (Å²) in [5, 5.41) is 9.93. The van der Waals surface area contributed by atoms with E-state index in [4.69, 9.17) is 0 Å². The first-order valence-corrected chi connectivity index (χ1v) is 8.61. The van der Waals surface area contributed by atoms with Crippen LogP contribution in [0.2, 0.25) is 0 Å². The summed E-state index contributed by atoms with van der Waals surface area (Å²) < 4.78 is 4.32. The van der Waals surface area contributed by atoms with E-state index in [0.29, 0.717) is 6.61 Å². The minimum absolute atomic E-state index is 0. The monoisotopic (exact) mass is 330 g/mol. The smallest absolute Gasteiger partial charge is 0.550 e. The SMILES string of the molecule is CCCCCCCCCCCCOC(=O)[O-].[Na+].c1ccccc1. The second-order valence-corrected chi connectivity index (χ2v) is 5.44. The summed E-state index contributed by atoms with van der Waals surface area (Å²) in [6.07, 6.45) is 11.0. The molecule has 0 radical (unpaired) electrons. The van der Waals surface area contributed by atoms with Gasteiger partial charge in [-0.05, 0) is 6.42 Å². The Balaban J connectivity index is 0. The van der Waals surface area contributed by atoms with Crippen LogP contribution in [0.3, 0.4) is 0 Å². The van der Waals surface area contributed by atoms with Gasteiger partial charge in [0.1, 0.15) is 0 Å². The van der Waals surface area contributed by atoms with E-state index >= 15 is 0 Å². The molecule has 0 N–H and O–H groups in total. The van der Waals surface area contributed by atoms with Gasteiger partial charge in [-0.15, -0.1) is 0 Å². The van der Waals surface area contributed by atoms with Gasteiger partial charge in [0.05, 0.1) is 0 Å². The number of hydrogen-bond acceptors (Lipinski definition) is 3. The molecule has 23 heavy (non-hydrogen) atoms. The zero-order chi connectivity index (χ0) is 16.3. The van der Waals surface area contributed by atoms with Gasteiger partial charge in [-0.2, -0.15) is 0 Å². The molecular formula is C19H31NaO3. The zero-order valence-electron chi connectivity index (χ0n) is 15.0. The van der Waals surface area contributed by atoms with Crippen LogP contribution in [-0.4, -0.2) is 12.8 Å². The van der Waals surface area contributed by atoms with Gasteiger partial charge in [-0.1, -0.05) is 101 Å². The Labute approximate surface area is 164 Å². The van der Waals surface area contributed by atoms with Crippen molar-refractivity contribution in [3.05, 3.63) is 36.4 Å². The van der Waals surface area contributed by atoms with Crippen LogP contribution >= 0.6 is 0 Å². The maximum atomic E-state index is 9.93. The molecular weight excluding hydrogens is 299 g/mol. The molecule has 0 fully saturated rings. The van der Waals surface area contributed by atoms with Gasteiger partial charge >= 0.3 is 29.6 Å². The minimum Gasteiger partial charge on any atom is -0.550 e. The number of ether oxygens (including phenoxy) is 1. The van der Waals surface area contributed by atoms with Gasteiger partial charge in [-0.25, -0.2) is 0 Å². The van der Waals surface area contributed by atoms with Crippen LogP contribution in [0.15, 0.2) is 36.4 Å². The Morgan fingerprint density at radius 2 is 1.09 bits per heavy atom. The Morgan fingerprint density at radius 1 is 0.739 bits per heavy atom. The van der Waals surface area contributed by atoms with Crippen LogP contribution in [0.5, 0.6) is 0 Å². The molecule has 4 heteroatoms. The van der Waals surface area contributed by atoms with Crippen molar-refractivity contribution < 1.29 is 44.2 Å². The van der Waals surface area contributed by atoms with Crippen molar-refractivity contribution in [2.24, 2.45) is 0 Å². The van der Waals surface area contributed by atoms with Crippen molar-refractivity contribution in [2.45, 2.75) is 71.1 Å². The molecule has 0 amide bonds. The summed E-state index contributed by atoms with van der Waals surface area (Å²) >= 11 is 0. The van der Waals surface area contributed by atoms with Crippen LogP contribution in [0.1, 0.15) is 71.1 Å². The van der Waals surface area contributed by atoms with E-state index in [2.05, 4.69) is 11.7 Å². The third-order valence-corrected chi connectivity index (χ3v) is 3.38. The fourth-order valence-corrected chi connectivity index (χ4v) is 2.13.